The van der Waals surface area contributed by atoms with Gasteiger partial charge in [0.2, 0.25) is 0 Å². The predicted octanol–water partition coefficient (Wildman–Crippen LogP) is 4.17. The van der Waals surface area contributed by atoms with Crippen LogP contribution < -0.4 is 15.2 Å². The van der Waals surface area contributed by atoms with Gasteiger partial charge >= 0.3 is 0 Å². The summed E-state index contributed by atoms with van der Waals surface area (Å²) < 4.78 is 11.7. The lowest BCUT2D eigenvalue weighted by molar-refractivity contribution is 0.400. The molecule has 20 heavy (non-hydrogen) atoms. The minimum atomic E-state index is -0.366. The standard InChI is InChI=1S/C15H15BrClNO2/c1-19-13-6-3-9(16)7-12(13)15(18)11-5-4-10(17)8-14(11)20-2/h3-8,15H,18H2,1-2H3. The van der Waals surface area contributed by atoms with E-state index in [1.807, 2.05) is 24.3 Å². The van der Waals surface area contributed by atoms with Crippen molar-refractivity contribution >= 4 is 27.5 Å². The van der Waals surface area contributed by atoms with E-state index in [1.165, 1.54) is 0 Å². The van der Waals surface area contributed by atoms with E-state index in [4.69, 9.17) is 26.8 Å². The van der Waals surface area contributed by atoms with Crippen LogP contribution in [-0.2, 0) is 0 Å². The second-order valence-electron chi connectivity index (χ2n) is 4.25. The molecular weight excluding hydrogens is 342 g/mol. The summed E-state index contributed by atoms with van der Waals surface area (Å²) in [7, 11) is 3.22. The van der Waals surface area contributed by atoms with E-state index in [2.05, 4.69) is 15.9 Å². The van der Waals surface area contributed by atoms with Crippen LogP contribution in [0.25, 0.3) is 0 Å². The van der Waals surface area contributed by atoms with E-state index in [9.17, 15) is 0 Å². The van der Waals surface area contributed by atoms with Gasteiger partial charge < -0.3 is 15.2 Å². The van der Waals surface area contributed by atoms with Gasteiger partial charge in [0.05, 0.1) is 20.3 Å². The Morgan fingerprint density at radius 2 is 1.70 bits per heavy atom. The van der Waals surface area contributed by atoms with E-state index in [0.717, 1.165) is 21.3 Å². The van der Waals surface area contributed by atoms with Gasteiger partial charge in [-0.05, 0) is 30.3 Å². The Labute approximate surface area is 131 Å². The first-order valence-corrected chi connectivity index (χ1v) is 7.16. The second-order valence-corrected chi connectivity index (χ2v) is 5.60. The molecule has 1 unspecified atom stereocenters. The minimum Gasteiger partial charge on any atom is -0.496 e. The highest BCUT2D eigenvalue weighted by Gasteiger charge is 2.18. The van der Waals surface area contributed by atoms with E-state index in [1.54, 1.807) is 26.4 Å². The van der Waals surface area contributed by atoms with Crippen LogP contribution >= 0.6 is 27.5 Å². The average molecular weight is 357 g/mol. The quantitative estimate of drug-likeness (QED) is 0.894. The molecule has 0 fully saturated rings. The summed E-state index contributed by atoms with van der Waals surface area (Å²) in [4.78, 5) is 0. The first-order valence-electron chi connectivity index (χ1n) is 5.99. The van der Waals surface area contributed by atoms with Crippen molar-refractivity contribution in [2.24, 2.45) is 5.73 Å². The van der Waals surface area contributed by atoms with Gasteiger partial charge in [-0.2, -0.15) is 0 Å². The summed E-state index contributed by atoms with van der Waals surface area (Å²) >= 11 is 9.43. The number of ether oxygens (including phenoxy) is 2. The molecule has 2 aromatic rings. The van der Waals surface area contributed by atoms with Crippen LogP contribution in [0.3, 0.4) is 0 Å². The molecule has 0 bridgehead atoms. The van der Waals surface area contributed by atoms with Crippen molar-refractivity contribution in [1.29, 1.82) is 0 Å². The molecule has 0 aromatic heterocycles. The van der Waals surface area contributed by atoms with Gasteiger partial charge in [-0.1, -0.05) is 33.6 Å². The molecule has 0 aliphatic carbocycles. The van der Waals surface area contributed by atoms with Crippen molar-refractivity contribution in [3.8, 4) is 11.5 Å². The van der Waals surface area contributed by atoms with Crippen molar-refractivity contribution in [3.05, 3.63) is 57.0 Å². The Hall–Kier alpha value is -1.23. The maximum atomic E-state index is 6.36. The van der Waals surface area contributed by atoms with E-state index < -0.39 is 0 Å². The molecule has 0 aliphatic heterocycles. The number of hydrogen-bond acceptors (Lipinski definition) is 3. The van der Waals surface area contributed by atoms with Crippen LogP contribution in [0, 0.1) is 0 Å². The lowest BCUT2D eigenvalue weighted by Gasteiger charge is -2.19. The molecule has 0 aliphatic rings. The fourth-order valence-electron chi connectivity index (χ4n) is 2.06. The highest BCUT2D eigenvalue weighted by atomic mass is 79.9. The van der Waals surface area contributed by atoms with Gasteiger partial charge in [-0.25, -0.2) is 0 Å². The van der Waals surface area contributed by atoms with Crippen LogP contribution in [0.4, 0.5) is 0 Å². The normalized spacial score (nSPS) is 12.1. The van der Waals surface area contributed by atoms with Crippen molar-refractivity contribution in [2.45, 2.75) is 6.04 Å². The molecule has 3 nitrogen and oxygen atoms in total. The van der Waals surface area contributed by atoms with Gasteiger partial charge in [0.15, 0.2) is 0 Å². The average Bonchev–Trinajstić information content (AvgIpc) is 2.46. The Kier molecular flexibility index (Phi) is 4.91. The third-order valence-corrected chi connectivity index (χ3v) is 3.79. The summed E-state index contributed by atoms with van der Waals surface area (Å²) in [6.07, 6.45) is 0. The summed E-state index contributed by atoms with van der Waals surface area (Å²) in [5.41, 5.74) is 8.10. The van der Waals surface area contributed by atoms with E-state index in [-0.39, 0.29) is 6.04 Å². The Balaban J connectivity index is 2.51. The maximum Gasteiger partial charge on any atom is 0.125 e. The maximum absolute atomic E-state index is 6.36. The molecule has 106 valence electrons. The zero-order valence-corrected chi connectivity index (χ0v) is 13.5. The summed E-state index contributed by atoms with van der Waals surface area (Å²) in [5.74, 6) is 1.39. The molecule has 0 radical (unpaired) electrons. The number of halogens is 2. The van der Waals surface area contributed by atoms with Crippen LogP contribution in [0.15, 0.2) is 40.9 Å². The van der Waals surface area contributed by atoms with Gasteiger partial charge in [0, 0.05) is 20.6 Å². The van der Waals surface area contributed by atoms with Crippen LogP contribution in [0.1, 0.15) is 17.2 Å². The molecule has 2 N–H and O–H groups in total. The van der Waals surface area contributed by atoms with Gasteiger partial charge in [0.1, 0.15) is 11.5 Å². The first kappa shape index (κ1) is 15.2. The number of nitrogens with two attached hydrogens (primary N) is 1. The van der Waals surface area contributed by atoms with Gasteiger partial charge in [0.25, 0.3) is 0 Å². The zero-order valence-electron chi connectivity index (χ0n) is 11.2. The van der Waals surface area contributed by atoms with Crippen molar-refractivity contribution in [3.63, 3.8) is 0 Å². The molecule has 0 amide bonds. The molecule has 0 saturated carbocycles. The van der Waals surface area contributed by atoms with E-state index >= 15 is 0 Å². The highest BCUT2D eigenvalue weighted by molar-refractivity contribution is 9.10. The lowest BCUT2D eigenvalue weighted by Crippen LogP contribution is -2.14. The molecule has 5 heteroatoms. The summed E-state index contributed by atoms with van der Waals surface area (Å²) in [6.45, 7) is 0. The van der Waals surface area contributed by atoms with Gasteiger partial charge in [-0.3, -0.25) is 0 Å². The van der Waals surface area contributed by atoms with Crippen LogP contribution in [0.2, 0.25) is 5.02 Å². The fraction of sp³-hybridized carbons (Fsp3) is 0.200. The lowest BCUT2D eigenvalue weighted by atomic mass is 9.98. The molecule has 0 spiro atoms. The smallest absolute Gasteiger partial charge is 0.125 e. The molecular formula is C15H15BrClNO2. The minimum absolute atomic E-state index is 0.366. The SMILES string of the molecule is COc1cc(Cl)ccc1C(N)c1cc(Br)ccc1OC. The molecule has 0 saturated heterocycles. The number of hydrogen-bond donors (Lipinski definition) is 1. The third-order valence-electron chi connectivity index (χ3n) is 3.06. The molecule has 0 heterocycles. The van der Waals surface area contributed by atoms with Crippen molar-refractivity contribution in [1.82, 2.24) is 0 Å². The largest absolute Gasteiger partial charge is 0.496 e. The first-order chi connectivity index (χ1) is 9.56. The summed E-state index contributed by atoms with van der Waals surface area (Å²) in [6, 6.07) is 10.8. The third kappa shape index (κ3) is 3.08. The van der Waals surface area contributed by atoms with Gasteiger partial charge in [-0.15, -0.1) is 0 Å². The number of methoxy groups -OCH3 is 2. The molecule has 2 rings (SSSR count). The van der Waals surface area contributed by atoms with Crippen molar-refractivity contribution < 1.29 is 9.47 Å². The predicted molar refractivity (Wildman–Crippen MR) is 84.7 cm³/mol. The Morgan fingerprint density at radius 3 is 2.35 bits per heavy atom. The number of benzene rings is 2. The van der Waals surface area contributed by atoms with Crippen molar-refractivity contribution in [2.75, 3.05) is 14.2 Å². The Bertz CT molecular complexity index is 619. The molecule has 2 aromatic carbocycles. The Morgan fingerprint density at radius 1 is 1.00 bits per heavy atom. The van der Waals surface area contributed by atoms with E-state index in [0.29, 0.717) is 10.8 Å². The van der Waals surface area contributed by atoms with Crippen LogP contribution in [-0.4, -0.2) is 14.2 Å². The topological polar surface area (TPSA) is 44.5 Å². The summed E-state index contributed by atoms with van der Waals surface area (Å²) in [5, 5.41) is 0.610. The fourth-order valence-corrected chi connectivity index (χ4v) is 2.60. The monoisotopic (exact) mass is 355 g/mol. The second kappa shape index (κ2) is 6.48. The number of rotatable bonds is 4. The van der Waals surface area contributed by atoms with Crippen LogP contribution in [0.5, 0.6) is 11.5 Å². The highest BCUT2D eigenvalue weighted by Crippen LogP contribution is 2.35. The molecule has 1 atom stereocenters. The zero-order chi connectivity index (χ0) is 14.7.